The van der Waals surface area contributed by atoms with Gasteiger partial charge in [-0.15, -0.1) is 0 Å². The number of hydrogen-bond donors (Lipinski definition) is 4. The maximum absolute atomic E-state index is 9.44. The average Bonchev–Trinajstić information content (AvgIpc) is 2.71. The maximum atomic E-state index is 9.44. The van der Waals surface area contributed by atoms with E-state index in [0.717, 1.165) is 0 Å². The smallest absolute Gasteiger partial charge is 0.107 e. The molecule has 0 saturated carbocycles. The number of hydrogen-bond acceptors (Lipinski definition) is 6. The summed E-state index contributed by atoms with van der Waals surface area (Å²) < 4.78 is 10.5. The molecule has 1 fully saturated rings. The van der Waals surface area contributed by atoms with Crippen LogP contribution in [0.2, 0.25) is 0 Å². The summed E-state index contributed by atoms with van der Waals surface area (Å²) >= 11 is 0. The summed E-state index contributed by atoms with van der Waals surface area (Å²) in [4.78, 5) is 0. The number of aliphatic hydroxyl groups is 4. The molecule has 1 saturated heterocycles. The summed E-state index contributed by atoms with van der Waals surface area (Å²) in [6.45, 7) is -0.317. The molecule has 1 heterocycles. The van der Waals surface area contributed by atoms with E-state index in [1.165, 1.54) is 0 Å². The molecular formula is C10H20O6. The van der Waals surface area contributed by atoms with Crippen LogP contribution in [0.3, 0.4) is 0 Å². The van der Waals surface area contributed by atoms with Gasteiger partial charge in [0.25, 0.3) is 0 Å². The first-order chi connectivity index (χ1) is 7.67. The van der Waals surface area contributed by atoms with Gasteiger partial charge in [0.1, 0.15) is 6.10 Å². The second-order valence-corrected chi connectivity index (χ2v) is 4.25. The van der Waals surface area contributed by atoms with E-state index in [0.29, 0.717) is 13.0 Å². The molecule has 1 rings (SSSR count). The number of ether oxygens (including phenoxy) is 2. The van der Waals surface area contributed by atoms with Crippen LogP contribution in [0.25, 0.3) is 0 Å². The monoisotopic (exact) mass is 236 g/mol. The Balaban J connectivity index is 2.27. The van der Waals surface area contributed by atoms with Crippen LogP contribution in [0, 0.1) is 5.41 Å². The lowest BCUT2D eigenvalue weighted by Crippen LogP contribution is -2.40. The van der Waals surface area contributed by atoms with Crippen molar-refractivity contribution in [2.45, 2.75) is 18.6 Å². The van der Waals surface area contributed by atoms with Crippen molar-refractivity contribution in [2.75, 3.05) is 39.6 Å². The van der Waals surface area contributed by atoms with Crippen LogP contribution in [-0.2, 0) is 9.47 Å². The normalized spacial score (nSPS) is 26.2. The van der Waals surface area contributed by atoms with Gasteiger partial charge in [0.2, 0.25) is 0 Å². The Bertz CT molecular complexity index is 185. The fourth-order valence-electron chi connectivity index (χ4n) is 1.47. The highest BCUT2D eigenvalue weighted by molar-refractivity contribution is 4.78. The molecule has 0 bridgehead atoms. The lowest BCUT2D eigenvalue weighted by atomic mass is 9.93. The number of aliphatic hydroxyl groups excluding tert-OH is 4. The predicted molar refractivity (Wildman–Crippen MR) is 54.9 cm³/mol. The van der Waals surface area contributed by atoms with Crippen LogP contribution in [0.5, 0.6) is 0 Å². The summed E-state index contributed by atoms with van der Waals surface area (Å²) in [6.07, 6.45) is -0.278. The van der Waals surface area contributed by atoms with Crippen molar-refractivity contribution in [3.05, 3.63) is 0 Å². The summed E-state index contributed by atoms with van der Waals surface area (Å²) in [5, 5.41) is 36.6. The molecule has 0 spiro atoms. The van der Waals surface area contributed by atoms with E-state index in [2.05, 4.69) is 0 Å². The maximum Gasteiger partial charge on any atom is 0.107 e. The van der Waals surface area contributed by atoms with E-state index in [-0.39, 0.29) is 39.1 Å². The van der Waals surface area contributed by atoms with Gasteiger partial charge >= 0.3 is 0 Å². The third-order valence-electron chi connectivity index (χ3n) is 2.87. The molecule has 0 amide bonds. The minimum absolute atomic E-state index is 0.0308. The first-order valence-electron chi connectivity index (χ1n) is 5.37. The topological polar surface area (TPSA) is 99.4 Å². The molecular weight excluding hydrogens is 216 g/mol. The van der Waals surface area contributed by atoms with Crippen molar-refractivity contribution in [2.24, 2.45) is 5.41 Å². The van der Waals surface area contributed by atoms with Gasteiger partial charge in [-0.3, -0.25) is 0 Å². The summed E-state index contributed by atoms with van der Waals surface area (Å²) in [5.41, 5.74) is -1.02. The first-order valence-corrected chi connectivity index (χ1v) is 5.37. The zero-order valence-electron chi connectivity index (χ0n) is 9.21. The van der Waals surface area contributed by atoms with Crippen LogP contribution in [0.4, 0.5) is 0 Å². The van der Waals surface area contributed by atoms with Crippen LogP contribution in [-0.4, -0.2) is 72.3 Å². The van der Waals surface area contributed by atoms with E-state index < -0.39 is 11.5 Å². The zero-order chi connectivity index (χ0) is 12.0. The van der Waals surface area contributed by atoms with Gasteiger partial charge in [-0.2, -0.15) is 0 Å². The van der Waals surface area contributed by atoms with E-state index in [4.69, 9.17) is 24.8 Å². The largest absolute Gasteiger partial charge is 0.396 e. The molecule has 96 valence electrons. The van der Waals surface area contributed by atoms with Gasteiger partial charge in [-0.25, -0.2) is 0 Å². The Morgan fingerprint density at radius 1 is 1.19 bits per heavy atom. The van der Waals surface area contributed by atoms with E-state index in [9.17, 15) is 5.11 Å². The molecule has 16 heavy (non-hydrogen) atoms. The minimum atomic E-state index is -1.02. The van der Waals surface area contributed by atoms with Gasteiger partial charge < -0.3 is 29.9 Å². The Labute approximate surface area is 94.4 Å². The van der Waals surface area contributed by atoms with Gasteiger partial charge in [0.15, 0.2) is 0 Å². The third kappa shape index (κ3) is 3.38. The predicted octanol–water partition coefficient (Wildman–Crippen LogP) is -1.88. The molecule has 1 aliphatic heterocycles. The Kier molecular flexibility index (Phi) is 5.60. The van der Waals surface area contributed by atoms with Crippen LogP contribution < -0.4 is 0 Å². The van der Waals surface area contributed by atoms with Gasteiger partial charge in [-0.1, -0.05) is 0 Å². The molecule has 1 aliphatic rings. The van der Waals surface area contributed by atoms with E-state index in [1.807, 2.05) is 0 Å². The molecule has 0 aliphatic carbocycles. The fourth-order valence-corrected chi connectivity index (χ4v) is 1.47. The van der Waals surface area contributed by atoms with E-state index >= 15 is 0 Å². The lowest BCUT2D eigenvalue weighted by molar-refractivity contribution is -0.0861. The highest BCUT2D eigenvalue weighted by Crippen LogP contribution is 2.17. The highest BCUT2D eigenvalue weighted by Gasteiger charge is 2.31. The molecule has 0 radical (unpaired) electrons. The molecule has 6 nitrogen and oxygen atoms in total. The molecule has 0 aromatic carbocycles. The lowest BCUT2D eigenvalue weighted by Gasteiger charge is -2.27. The Morgan fingerprint density at radius 3 is 2.25 bits per heavy atom. The molecule has 4 N–H and O–H groups in total. The van der Waals surface area contributed by atoms with Crippen molar-refractivity contribution >= 4 is 0 Å². The fraction of sp³-hybridized carbons (Fsp3) is 1.00. The quantitative estimate of drug-likeness (QED) is 0.413. The summed E-state index contributed by atoms with van der Waals surface area (Å²) in [7, 11) is 0. The molecule has 2 unspecified atom stereocenters. The van der Waals surface area contributed by atoms with Crippen LogP contribution in [0.1, 0.15) is 6.42 Å². The second kappa shape index (κ2) is 6.48. The zero-order valence-corrected chi connectivity index (χ0v) is 9.21. The number of rotatable bonds is 7. The van der Waals surface area contributed by atoms with Crippen LogP contribution in [0.15, 0.2) is 0 Å². The van der Waals surface area contributed by atoms with Crippen molar-refractivity contribution in [1.29, 1.82) is 0 Å². The van der Waals surface area contributed by atoms with Gasteiger partial charge in [0.05, 0.1) is 44.6 Å². The minimum Gasteiger partial charge on any atom is -0.396 e. The summed E-state index contributed by atoms with van der Waals surface area (Å²) in [5.74, 6) is 0. The van der Waals surface area contributed by atoms with Crippen LogP contribution >= 0.6 is 0 Å². The Morgan fingerprint density at radius 2 is 1.81 bits per heavy atom. The summed E-state index contributed by atoms with van der Waals surface area (Å²) in [6, 6.07) is 0. The second-order valence-electron chi connectivity index (χ2n) is 4.25. The van der Waals surface area contributed by atoms with Crippen molar-refractivity contribution in [1.82, 2.24) is 0 Å². The first kappa shape index (κ1) is 13.8. The Hall–Kier alpha value is -0.240. The molecule has 6 heteroatoms. The van der Waals surface area contributed by atoms with Gasteiger partial charge in [0, 0.05) is 6.61 Å². The highest BCUT2D eigenvalue weighted by atomic mass is 16.5. The van der Waals surface area contributed by atoms with Gasteiger partial charge in [-0.05, 0) is 6.42 Å². The molecule has 0 aromatic rings. The van der Waals surface area contributed by atoms with Crippen molar-refractivity contribution in [3.63, 3.8) is 0 Å². The SMILES string of the molecule is OCC(CO)(CO)COCC1OCCC1O. The standard InChI is InChI=1S/C10H20O6/c11-4-10(5-12,6-13)7-15-3-9-8(14)1-2-16-9/h8-9,11-14H,1-7H2. The van der Waals surface area contributed by atoms with Crippen molar-refractivity contribution < 1.29 is 29.9 Å². The molecule has 2 atom stereocenters. The third-order valence-corrected chi connectivity index (χ3v) is 2.87. The average molecular weight is 236 g/mol. The molecule has 0 aromatic heterocycles. The van der Waals surface area contributed by atoms with Crippen molar-refractivity contribution in [3.8, 4) is 0 Å². The van der Waals surface area contributed by atoms with E-state index in [1.54, 1.807) is 0 Å².